The molecule has 4 nitrogen and oxygen atoms in total. The molecule has 0 atom stereocenters. The molecule has 0 amide bonds. The van der Waals surface area contributed by atoms with E-state index >= 15 is 0 Å². The van der Waals surface area contributed by atoms with Crippen LogP contribution in [0.5, 0.6) is 0 Å². The molecule has 0 bridgehead atoms. The summed E-state index contributed by atoms with van der Waals surface area (Å²) in [7, 11) is 2.16. The summed E-state index contributed by atoms with van der Waals surface area (Å²) < 4.78 is 0. The number of hydrogen-bond acceptors (Lipinski definition) is 4. The average Bonchev–Trinajstić information content (AvgIpc) is 3.66. The van der Waals surface area contributed by atoms with Crippen LogP contribution >= 0.6 is 0 Å². The highest BCUT2D eigenvalue weighted by atomic mass is 15.4. The van der Waals surface area contributed by atoms with Crippen LogP contribution in [0.1, 0.15) is 26.3 Å². The summed E-state index contributed by atoms with van der Waals surface area (Å²) in [6.07, 6.45) is 0. The first-order chi connectivity index (χ1) is 22.9. The molecule has 2 heterocycles. The lowest BCUT2D eigenvalue weighted by Gasteiger charge is -2.28. The van der Waals surface area contributed by atoms with Crippen LogP contribution < -0.4 is 19.6 Å². The summed E-state index contributed by atoms with van der Waals surface area (Å²) in [6, 6.07) is 53.2. The normalized spacial score (nSPS) is 14.0. The van der Waals surface area contributed by atoms with Gasteiger partial charge in [0.05, 0.1) is 35.1 Å². The number of anilines is 7. The molecule has 0 saturated heterocycles. The Bertz CT molecular complexity index is 2060. The van der Waals surface area contributed by atoms with E-state index in [1.54, 1.807) is 0 Å². The molecule has 2 aliphatic rings. The van der Waals surface area contributed by atoms with E-state index in [1.165, 1.54) is 67.6 Å². The molecule has 232 valence electrons. The molecule has 8 rings (SSSR count). The number of nitrogens with zero attached hydrogens (tertiary/aromatic N) is 4. The van der Waals surface area contributed by atoms with Crippen molar-refractivity contribution in [3.8, 4) is 22.3 Å². The van der Waals surface area contributed by atoms with Gasteiger partial charge in [0.25, 0.3) is 0 Å². The Morgan fingerprint density at radius 1 is 0.447 bits per heavy atom. The molecule has 0 saturated carbocycles. The lowest BCUT2D eigenvalue weighted by Crippen LogP contribution is -2.26. The summed E-state index contributed by atoms with van der Waals surface area (Å²) in [5, 5.41) is 0. The molecule has 4 heteroatoms. The first kappa shape index (κ1) is 29.0. The molecule has 0 aromatic heterocycles. The average molecular weight is 613 g/mol. The zero-order chi connectivity index (χ0) is 32.1. The lowest BCUT2D eigenvalue weighted by molar-refractivity contribution is 0.590. The van der Waals surface area contributed by atoms with Crippen LogP contribution in [0.3, 0.4) is 0 Å². The first-order valence-corrected chi connectivity index (χ1v) is 16.5. The molecule has 6 aromatic carbocycles. The Kier molecular flexibility index (Phi) is 7.02. The molecule has 0 spiro atoms. The Balaban J connectivity index is 1.24. The summed E-state index contributed by atoms with van der Waals surface area (Å²) >= 11 is 0. The standard InChI is InChI=1S/C43H40N4/c1-43(2,3)33-26-24-32(25-27-33)37-19-13-18-36(31-14-6-5-7-15-31)42(37)47-30-46(40-22-10-11-23-41(40)47)35-17-12-16-34(28-35)45-29-44(4)38-20-8-9-21-39(38)45/h5-28H,29-30H2,1-4H3. The smallest absolute Gasteiger partial charge is 0.100 e. The third-order valence-electron chi connectivity index (χ3n) is 9.59. The van der Waals surface area contributed by atoms with Crippen LogP contribution in [0.4, 0.5) is 39.8 Å². The van der Waals surface area contributed by atoms with Gasteiger partial charge in [0.1, 0.15) is 6.67 Å². The summed E-state index contributed by atoms with van der Waals surface area (Å²) in [4.78, 5) is 9.68. The number of rotatable bonds is 5. The van der Waals surface area contributed by atoms with Crippen molar-refractivity contribution in [2.24, 2.45) is 0 Å². The van der Waals surface area contributed by atoms with Crippen molar-refractivity contribution in [2.45, 2.75) is 26.2 Å². The van der Waals surface area contributed by atoms with Gasteiger partial charge in [-0.2, -0.15) is 0 Å². The predicted octanol–water partition coefficient (Wildman–Crippen LogP) is 11.1. The minimum Gasteiger partial charge on any atom is -0.355 e. The Morgan fingerprint density at radius 3 is 1.55 bits per heavy atom. The molecular weight excluding hydrogens is 573 g/mol. The van der Waals surface area contributed by atoms with Gasteiger partial charge in [-0.05, 0) is 64.6 Å². The fourth-order valence-corrected chi connectivity index (χ4v) is 7.12. The van der Waals surface area contributed by atoms with Gasteiger partial charge in [-0.1, -0.05) is 124 Å². The number of benzene rings is 6. The highest BCUT2D eigenvalue weighted by molar-refractivity contribution is 5.98. The quantitative estimate of drug-likeness (QED) is 0.192. The number of fused-ring (bicyclic) bond motifs is 2. The van der Waals surface area contributed by atoms with E-state index < -0.39 is 0 Å². The molecule has 0 radical (unpaired) electrons. The van der Waals surface area contributed by atoms with Crippen molar-refractivity contribution in [1.29, 1.82) is 0 Å². The van der Waals surface area contributed by atoms with Crippen molar-refractivity contribution in [1.82, 2.24) is 0 Å². The van der Waals surface area contributed by atoms with E-state index in [1.807, 2.05) is 0 Å². The van der Waals surface area contributed by atoms with Crippen LogP contribution in [0.25, 0.3) is 22.3 Å². The molecule has 47 heavy (non-hydrogen) atoms. The van der Waals surface area contributed by atoms with Crippen molar-refractivity contribution in [3.05, 3.63) is 151 Å². The second kappa shape index (κ2) is 11.4. The number of para-hydroxylation sites is 5. The van der Waals surface area contributed by atoms with Crippen LogP contribution in [0.15, 0.2) is 146 Å². The van der Waals surface area contributed by atoms with Crippen LogP contribution in [0.2, 0.25) is 0 Å². The largest absolute Gasteiger partial charge is 0.355 e. The van der Waals surface area contributed by atoms with Gasteiger partial charge in [-0.25, -0.2) is 0 Å². The zero-order valence-corrected chi connectivity index (χ0v) is 27.6. The fourth-order valence-electron chi connectivity index (χ4n) is 7.12. The van der Waals surface area contributed by atoms with E-state index in [2.05, 4.69) is 193 Å². The third kappa shape index (κ3) is 5.11. The predicted molar refractivity (Wildman–Crippen MR) is 200 cm³/mol. The molecular formula is C43H40N4. The van der Waals surface area contributed by atoms with Crippen molar-refractivity contribution in [3.63, 3.8) is 0 Å². The van der Waals surface area contributed by atoms with Gasteiger partial charge in [-0.3, -0.25) is 0 Å². The van der Waals surface area contributed by atoms with Gasteiger partial charge in [0.2, 0.25) is 0 Å². The molecule has 0 fully saturated rings. The topological polar surface area (TPSA) is 13.0 Å². The minimum atomic E-state index is 0.0999. The Hall–Kier alpha value is -5.48. The number of hydrogen-bond donors (Lipinski definition) is 0. The SMILES string of the molecule is CN1CN(c2cccc(N3CN(c4c(-c5ccccc5)cccc4-c4ccc(C(C)(C)C)cc4)c4ccccc43)c2)c2ccccc21. The molecule has 2 aliphatic heterocycles. The van der Waals surface area contributed by atoms with Gasteiger partial charge in [0, 0.05) is 29.5 Å². The van der Waals surface area contributed by atoms with E-state index in [4.69, 9.17) is 0 Å². The third-order valence-corrected chi connectivity index (χ3v) is 9.59. The van der Waals surface area contributed by atoms with Crippen LogP contribution in [0, 0.1) is 0 Å². The highest BCUT2D eigenvalue weighted by Gasteiger charge is 2.32. The van der Waals surface area contributed by atoms with Crippen molar-refractivity contribution in [2.75, 3.05) is 40.0 Å². The van der Waals surface area contributed by atoms with Crippen LogP contribution in [-0.4, -0.2) is 20.4 Å². The van der Waals surface area contributed by atoms with Gasteiger partial charge < -0.3 is 19.6 Å². The summed E-state index contributed by atoms with van der Waals surface area (Å²) in [6.45, 7) is 8.35. The van der Waals surface area contributed by atoms with E-state index in [9.17, 15) is 0 Å². The summed E-state index contributed by atoms with van der Waals surface area (Å²) in [5.41, 5.74) is 14.9. The zero-order valence-electron chi connectivity index (χ0n) is 27.6. The fraction of sp³-hybridized carbons (Fsp3) is 0.163. The maximum atomic E-state index is 2.51. The van der Waals surface area contributed by atoms with Gasteiger partial charge >= 0.3 is 0 Å². The Morgan fingerprint density at radius 2 is 0.936 bits per heavy atom. The molecule has 0 unspecified atom stereocenters. The summed E-state index contributed by atoms with van der Waals surface area (Å²) in [5.74, 6) is 0. The van der Waals surface area contributed by atoms with Crippen molar-refractivity contribution < 1.29 is 0 Å². The second-order valence-corrected chi connectivity index (χ2v) is 13.7. The minimum absolute atomic E-state index is 0.0999. The van der Waals surface area contributed by atoms with Gasteiger partial charge in [-0.15, -0.1) is 0 Å². The van der Waals surface area contributed by atoms with Crippen molar-refractivity contribution >= 4 is 39.8 Å². The molecule has 0 aliphatic carbocycles. The first-order valence-electron chi connectivity index (χ1n) is 16.5. The van der Waals surface area contributed by atoms with E-state index in [0.29, 0.717) is 6.67 Å². The molecule has 6 aromatic rings. The maximum Gasteiger partial charge on any atom is 0.100 e. The van der Waals surface area contributed by atoms with E-state index in [-0.39, 0.29) is 5.41 Å². The van der Waals surface area contributed by atoms with Crippen LogP contribution in [-0.2, 0) is 5.41 Å². The monoisotopic (exact) mass is 612 g/mol. The maximum absolute atomic E-state index is 2.51. The molecule has 0 N–H and O–H groups in total. The highest BCUT2D eigenvalue weighted by Crippen LogP contribution is 2.50. The second-order valence-electron chi connectivity index (χ2n) is 13.7. The van der Waals surface area contributed by atoms with E-state index in [0.717, 1.165) is 6.67 Å². The lowest BCUT2D eigenvalue weighted by atomic mass is 9.86. The van der Waals surface area contributed by atoms with Gasteiger partial charge in [0.15, 0.2) is 0 Å². The Labute approximate surface area is 278 Å².